The Morgan fingerprint density at radius 3 is 2.75 bits per heavy atom. The molecule has 0 amide bonds. The van der Waals surface area contributed by atoms with E-state index in [-0.39, 0.29) is 6.04 Å². The zero-order valence-corrected chi connectivity index (χ0v) is 19.6. The molecule has 2 aromatic heterocycles. The largest absolute Gasteiger partial charge is 0.391 e. The standard InChI is InChI=1S/C22H27N7.C3H8/c1-14(10-18(23-3)11-16-4-5-16)27-21-8-9-24-22(29-21)28-15(2)17-6-7-19-20(12-17)26-13-25-19;1-3-2/h6-10,12-13,15-16,23H,1,4-5,11H2,2-3H3,(H,25,26)(H2,24,27,28,29);3H2,1-2H3/b18-10-;. The maximum Gasteiger partial charge on any atom is 0.225 e. The molecule has 7 heteroatoms. The topological polar surface area (TPSA) is 90.5 Å². The van der Waals surface area contributed by atoms with Crippen LogP contribution in [0.15, 0.2) is 60.8 Å². The van der Waals surface area contributed by atoms with E-state index in [0.29, 0.717) is 11.8 Å². The van der Waals surface area contributed by atoms with Crippen molar-refractivity contribution in [2.45, 2.75) is 52.5 Å². The normalized spacial score (nSPS) is 14.3. The first-order valence-corrected chi connectivity index (χ1v) is 11.4. The van der Waals surface area contributed by atoms with Crippen LogP contribution < -0.4 is 16.0 Å². The number of H-pyrrole nitrogens is 1. The summed E-state index contributed by atoms with van der Waals surface area (Å²) in [5.41, 5.74) is 5.10. The lowest BCUT2D eigenvalue weighted by molar-refractivity contribution is 0.757. The molecule has 3 aromatic rings. The first-order valence-electron chi connectivity index (χ1n) is 11.4. The minimum atomic E-state index is 0.0514. The highest BCUT2D eigenvalue weighted by atomic mass is 15.1. The van der Waals surface area contributed by atoms with Crippen LogP contribution >= 0.6 is 0 Å². The van der Waals surface area contributed by atoms with Crippen LogP contribution in [0.2, 0.25) is 0 Å². The lowest BCUT2D eigenvalue weighted by atomic mass is 10.1. The van der Waals surface area contributed by atoms with E-state index in [9.17, 15) is 0 Å². The minimum absolute atomic E-state index is 0.0514. The van der Waals surface area contributed by atoms with Crippen molar-refractivity contribution in [3.05, 3.63) is 66.4 Å². The van der Waals surface area contributed by atoms with E-state index in [1.54, 1.807) is 12.5 Å². The van der Waals surface area contributed by atoms with Crippen LogP contribution in [0.1, 0.15) is 58.1 Å². The summed E-state index contributed by atoms with van der Waals surface area (Å²) in [4.78, 5) is 16.3. The van der Waals surface area contributed by atoms with E-state index < -0.39 is 0 Å². The van der Waals surface area contributed by atoms with Crippen LogP contribution in [0, 0.1) is 5.92 Å². The van der Waals surface area contributed by atoms with Crippen LogP contribution in [0.3, 0.4) is 0 Å². The van der Waals surface area contributed by atoms with Crippen molar-refractivity contribution in [1.29, 1.82) is 0 Å². The van der Waals surface area contributed by atoms with Gasteiger partial charge in [-0.2, -0.15) is 4.98 Å². The number of benzene rings is 1. The van der Waals surface area contributed by atoms with Crippen molar-refractivity contribution in [3.63, 3.8) is 0 Å². The van der Waals surface area contributed by atoms with E-state index >= 15 is 0 Å². The molecule has 1 fully saturated rings. The monoisotopic (exact) mass is 433 g/mol. The zero-order valence-electron chi connectivity index (χ0n) is 19.6. The number of nitrogens with zero attached hydrogens (tertiary/aromatic N) is 3. The minimum Gasteiger partial charge on any atom is -0.391 e. The van der Waals surface area contributed by atoms with Gasteiger partial charge < -0.3 is 20.9 Å². The van der Waals surface area contributed by atoms with Crippen molar-refractivity contribution in [3.8, 4) is 0 Å². The van der Waals surface area contributed by atoms with Gasteiger partial charge in [-0.3, -0.25) is 0 Å². The van der Waals surface area contributed by atoms with E-state index in [1.807, 2.05) is 19.2 Å². The van der Waals surface area contributed by atoms with Crippen molar-refractivity contribution in [1.82, 2.24) is 25.3 Å². The van der Waals surface area contributed by atoms with Gasteiger partial charge >= 0.3 is 0 Å². The van der Waals surface area contributed by atoms with Crippen molar-refractivity contribution >= 4 is 22.8 Å². The fourth-order valence-corrected chi connectivity index (χ4v) is 3.27. The SMILES string of the molecule is C=C(/C=C(/CC1CC1)NC)Nc1ccnc(NC(C)c2ccc3nc[nH]c3c2)n1.CCC. The highest BCUT2D eigenvalue weighted by molar-refractivity contribution is 5.75. The lowest BCUT2D eigenvalue weighted by Crippen LogP contribution is -2.11. The van der Waals surface area contributed by atoms with Crippen molar-refractivity contribution in [2.24, 2.45) is 5.92 Å². The fourth-order valence-electron chi connectivity index (χ4n) is 3.27. The molecule has 0 aliphatic heterocycles. The van der Waals surface area contributed by atoms with Gasteiger partial charge in [0.1, 0.15) is 5.82 Å². The number of fused-ring (bicyclic) bond motifs is 1. The smallest absolute Gasteiger partial charge is 0.225 e. The van der Waals surface area contributed by atoms with Gasteiger partial charge in [-0.1, -0.05) is 32.9 Å². The maximum atomic E-state index is 4.57. The zero-order chi connectivity index (χ0) is 22.9. The second-order valence-electron chi connectivity index (χ2n) is 8.24. The molecular weight excluding hydrogens is 398 g/mol. The molecule has 4 rings (SSSR count). The molecule has 7 nitrogen and oxygen atoms in total. The summed E-state index contributed by atoms with van der Waals surface area (Å²) in [6, 6.07) is 8.05. The highest BCUT2D eigenvalue weighted by Gasteiger charge is 2.22. The molecular formula is C25H35N7. The third-order valence-electron chi connectivity index (χ3n) is 5.11. The quantitative estimate of drug-likeness (QED) is 0.320. The predicted molar refractivity (Wildman–Crippen MR) is 133 cm³/mol. The average Bonchev–Trinajstić information content (AvgIpc) is 3.46. The molecule has 1 atom stereocenters. The van der Waals surface area contributed by atoms with E-state index in [4.69, 9.17) is 0 Å². The van der Waals surface area contributed by atoms with Gasteiger partial charge in [0.05, 0.1) is 23.4 Å². The van der Waals surface area contributed by atoms with Gasteiger partial charge in [0, 0.05) is 24.6 Å². The Hall–Kier alpha value is -3.35. The summed E-state index contributed by atoms with van der Waals surface area (Å²) >= 11 is 0. The Kier molecular flexibility index (Phi) is 8.25. The second-order valence-corrected chi connectivity index (χ2v) is 8.24. The van der Waals surface area contributed by atoms with Gasteiger partial charge in [0.2, 0.25) is 5.95 Å². The Morgan fingerprint density at radius 1 is 1.25 bits per heavy atom. The molecule has 1 aliphatic rings. The first kappa shape index (κ1) is 23.3. The van der Waals surface area contributed by atoms with Crippen molar-refractivity contribution < 1.29 is 0 Å². The number of imidazole rings is 1. The lowest BCUT2D eigenvalue weighted by Gasteiger charge is -2.15. The van der Waals surface area contributed by atoms with Crippen LogP contribution in [-0.4, -0.2) is 27.0 Å². The van der Waals surface area contributed by atoms with E-state index in [0.717, 1.165) is 34.6 Å². The van der Waals surface area contributed by atoms with Crippen LogP contribution in [0.5, 0.6) is 0 Å². The maximum absolute atomic E-state index is 4.57. The molecule has 0 spiro atoms. The summed E-state index contributed by atoms with van der Waals surface area (Å²) < 4.78 is 0. The molecule has 1 aliphatic carbocycles. The van der Waals surface area contributed by atoms with Crippen molar-refractivity contribution in [2.75, 3.05) is 17.7 Å². The number of hydrogen-bond donors (Lipinski definition) is 4. The van der Waals surface area contributed by atoms with Gasteiger partial charge in [-0.25, -0.2) is 9.97 Å². The van der Waals surface area contributed by atoms with Crippen LogP contribution in [-0.2, 0) is 0 Å². The molecule has 1 saturated carbocycles. The number of nitrogens with one attached hydrogen (secondary N) is 4. The predicted octanol–water partition coefficient (Wildman–Crippen LogP) is 5.77. The first-order chi connectivity index (χ1) is 15.5. The Bertz CT molecular complexity index is 1050. The molecule has 1 aromatic carbocycles. The molecule has 0 bridgehead atoms. The summed E-state index contributed by atoms with van der Waals surface area (Å²) in [5, 5.41) is 9.88. The van der Waals surface area contributed by atoms with Gasteiger partial charge in [-0.05, 0) is 61.9 Å². The number of anilines is 2. The summed E-state index contributed by atoms with van der Waals surface area (Å²) in [7, 11) is 1.95. The fraction of sp³-hybridized carbons (Fsp3) is 0.400. The number of hydrogen-bond acceptors (Lipinski definition) is 6. The molecule has 2 heterocycles. The van der Waals surface area contributed by atoms with Gasteiger partial charge in [0.25, 0.3) is 0 Å². The molecule has 0 radical (unpaired) electrons. The summed E-state index contributed by atoms with van der Waals surface area (Å²) in [6.45, 7) is 10.4. The number of aromatic amines is 1. The molecule has 0 saturated heterocycles. The van der Waals surface area contributed by atoms with Crippen LogP contribution in [0.4, 0.5) is 11.8 Å². The Labute approximate surface area is 190 Å². The van der Waals surface area contributed by atoms with Gasteiger partial charge in [0.15, 0.2) is 0 Å². The second kappa shape index (κ2) is 11.3. The Morgan fingerprint density at radius 2 is 2.03 bits per heavy atom. The molecule has 4 N–H and O–H groups in total. The van der Waals surface area contributed by atoms with Crippen LogP contribution in [0.25, 0.3) is 11.0 Å². The number of aromatic nitrogens is 4. The summed E-state index contributed by atoms with van der Waals surface area (Å²) in [6.07, 6.45) is 10.5. The molecule has 1 unspecified atom stereocenters. The third-order valence-corrected chi connectivity index (χ3v) is 5.11. The van der Waals surface area contributed by atoms with E-state index in [1.165, 1.54) is 25.0 Å². The third kappa shape index (κ3) is 6.83. The highest BCUT2D eigenvalue weighted by Crippen LogP contribution is 2.34. The number of rotatable bonds is 9. The molecule has 32 heavy (non-hydrogen) atoms. The number of allylic oxidation sites excluding steroid dienone is 2. The average molecular weight is 434 g/mol. The Balaban J connectivity index is 0.000000913. The molecule has 170 valence electrons. The summed E-state index contributed by atoms with van der Waals surface area (Å²) in [5.74, 6) is 2.09. The van der Waals surface area contributed by atoms with Gasteiger partial charge in [-0.15, -0.1) is 0 Å². The van der Waals surface area contributed by atoms with E-state index in [2.05, 4.69) is 81.4 Å².